The number of carbonyl (C=O) groups is 1. The van der Waals surface area contributed by atoms with E-state index in [1.54, 1.807) is 0 Å². The summed E-state index contributed by atoms with van der Waals surface area (Å²) in [5, 5.41) is 0. The van der Waals surface area contributed by atoms with Gasteiger partial charge in [0.2, 0.25) is 5.79 Å². The number of carbonyl (C=O) groups excluding carboxylic acids is 1. The van der Waals surface area contributed by atoms with Crippen molar-refractivity contribution in [2.24, 2.45) is 5.92 Å². The summed E-state index contributed by atoms with van der Waals surface area (Å²) in [6, 6.07) is 10.1. The SMILES string of the molecule is CCOC(=O)C[C@]12CCC[C@H]1[C@@]13CCCC[C@@]1(O[C@H](c1ccccc1)O3)O2. The van der Waals surface area contributed by atoms with Crippen LogP contribution in [0.4, 0.5) is 0 Å². The molecule has 2 aliphatic heterocycles. The summed E-state index contributed by atoms with van der Waals surface area (Å²) < 4.78 is 25.4. The van der Waals surface area contributed by atoms with E-state index in [0.717, 1.165) is 50.5 Å². The van der Waals surface area contributed by atoms with Crippen LogP contribution in [0.1, 0.15) is 70.1 Å². The molecule has 5 nitrogen and oxygen atoms in total. The van der Waals surface area contributed by atoms with Gasteiger partial charge in [0, 0.05) is 17.9 Å². The van der Waals surface area contributed by atoms with Crippen LogP contribution in [-0.4, -0.2) is 29.6 Å². The normalized spacial score (nSPS) is 42.4. The number of ether oxygens (including phenoxy) is 4. The summed E-state index contributed by atoms with van der Waals surface area (Å²) >= 11 is 0. The molecule has 4 aliphatic rings. The highest BCUT2D eigenvalue weighted by Gasteiger charge is 2.78. The third-order valence-electron chi connectivity index (χ3n) is 7.04. The van der Waals surface area contributed by atoms with Crippen molar-refractivity contribution in [1.82, 2.24) is 0 Å². The van der Waals surface area contributed by atoms with E-state index >= 15 is 0 Å². The molecule has 0 aromatic heterocycles. The first-order valence-corrected chi connectivity index (χ1v) is 10.4. The second-order valence-electron chi connectivity index (χ2n) is 8.42. The number of hydrogen-bond donors (Lipinski definition) is 0. The summed E-state index contributed by atoms with van der Waals surface area (Å²) in [5.74, 6) is -0.722. The van der Waals surface area contributed by atoms with Crippen LogP contribution in [0, 0.1) is 5.92 Å². The molecule has 0 bridgehead atoms. The molecule has 5 heteroatoms. The highest BCUT2D eigenvalue weighted by molar-refractivity contribution is 5.71. The molecule has 0 spiro atoms. The summed E-state index contributed by atoms with van der Waals surface area (Å²) in [5.41, 5.74) is 0.0812. The molecule has 2 saturated carbocycles. The molecule has 2 aliphatic carbocycles. The van der Waals surface area contributed by atoms with Gasteiger partial charge in [-0.25, -0.2) is 0 Å². The molecule has 0 radical (unpaired) electrons. The van der Waals surface area contributed by atoms with Crippen molar-refractivity contribution >= 4 is 5.97 Å². The zero-order valence-electron chi connectivity index (χ0n) is 15.9. The Morgan fingerprint density at radius 2 is 1.93 bits per heavy atom. The highest BCUT2D eigenvalue weighted by Crippen LogP contribution is 2.69. The summed E-state index contributed by atoms with van der Waals surface area (Å²) in [6.07, 6.45) is 6.80. The van der Waals surface area contributed by atoms with Crippen molar-refractivity contribution in [2.75, 3.05) is 6.61 Å². The van der Waals surface area contributed by atoms with Gasteiger partial charge in [0.25, 0.3) is 0 Å². The van der Waals surface area contributed by atoms with E-state index in [1.807, 2.05) is 37.3 Å². The van der Waals surface area contributed by atoms with Crippen molar-refractivity contribution < 1.29 is 23.7 Å². The second kappa shape index (κ2) is 6.29. The molecule has 146 valence electrons. The van der Waals surface area contributed by atoms with Gasteiger partial charge in [0.1, 0.15) is 5.60 Å². The van der Waals surface area contributed by atoms with Gasteiger partial charge in [-0.2, -0.15) is 0 Å². The van der Waals surface area contributed by atoms with Crippen LogP contribution in [0.5, 0.6) is 0 Å². The first-order chi connectivity index (χ1) is 13.1. The van der Waals surface area contributed by atoms with Crippen molar-refractivity contribution in [3.8, 4) is 0 Å². The predicted octanol–water partition coefficient (Wildman–Crippen LogP) is 4.26. The van der Waals surface area contributed by atoms with Crippen LogP contribution in [0.25, 0.3) is 0 Å². The number of fused-ring (bicyclic) bond motifs is 1. The van der Waals surface area contributed by atoms with Gasteiger partial charge >= 0.3 is 5.97 Å². The smallest absolute Gasteiger partial charge is 0.308 e. The largest absolute Gasteiger partial charge is 0.466 e. The number of benzene rings is 1. The Bertz CT molecular complexity index is 721. The Balaban J connectivity index is 1.51. The Labute approximate surface area is 160 Å². The topological polar surface area (TPSA) is 54.0 Å². The third kappa shape index (κ3) is 2.44. The van der Waals surface area contributed by atoms with Crippen LogP contribution in [0.3, 0.4) is 0 Å². The maximum Gasteiger partial charge on any atom is 0.308 e. The zero-order valence-corrected chi connectivity index (χ0v) is 15.9. The monoisotopic (exact) mass is 372 g/mol. The number of rotatable bonds is 4. The van der Waals surface area contributed by atoms with Crippen molar-refractivity contribution in [3.63, 3.8) is 0 Å². The van der Waals surface area contributed by atoms with E-state index in [-0.39, 0.29) is 11.9 Å². The lowest BCUT2D eigenvalue weighted by molar-refractivity contribution is -0.269. The van der Waals surface area contributed by atoms with E-state index in [4.69, 9.17) is 18.9 Å². The first-order valence-electron chi connectivity index (χ1n) is 10.4. The average molecular weight is 372 g/mol. The second-order valence-corrected chi connectivity index (χ2v) is 8.42. The minimum atomic E-state index is -0.733. The lowest BCUT2D eigenvalue weighted by atomic mass is 9.69. The van der Waals surface area contributed by atoms with Crippen LogP contribution in [-0.2, 0) is 23.7 Å². The molecule has 0 N–H and O–H groups in total. The molecule has 1 aromatic rings. The zero-order chi connectivity index (χ0) is 18.5. The molecule has 1 aromatic carbocycles. The van der Waals surface area contributed by atoms with Crippen molar-refractivity contribution in [2.45, 2.75) is 81.6 Å². The van der Waals surface area contributed by atoms with Gasteiger partial charge in [-0.3, -0.25) is 4.79 Å². The summed E-state index contributed by atoms with van der Waals surface area (Å²) in [7, 11) is 0. The van der Waals surface area contributed by atoms with E-state index in [1.165, 1.54) is 0 Å². The molecule has 5 atom stereocenters. The van der Waals surface area contributed by atoms with E-state index in [2.05, 4.69) is 0 Å². The lowest BCUT2D eigenvalue weighted by Crippen LogP contribution is -2.53. The van der Waals surface area contributed by atoms with E-state index < -0.39 is 23.3 Å². The Morgan fingerprint density at radius 1 is 1.11 bits per heavy atom. The summed E-state index contributed by atoms with van der Waals surface area (Å²) in [4.78, 5) is 12.4. The van der Waals surface area contributed by atoms with Gasteiger partial charge in [-0.1, -0.05) is 43.2 Å². The van der Waals surface area contributed by atoms with Gasteiger partial charge in [0.15, 0.2) is 6.29 Å². The minimum Gasteiger partial charge on any atom is -0.466 e. The third-order valence-corrected chi connectivity index (χ3v) is 7.04. The highest BCUT2D eigenvalue weighted by atomic mass is 16.8. The summed E-state index contributed by atoms with van der Waals surface area (Å²) in [6.45, 7) is 2.25. The fraction of sp³-hybridized carbons (Fsp3) is 0.682. The van der Waals surface area contributed by atoms with Gasteiger partial charge in [-0.15, -0.1) is 0 Å². The number of hydrogen-bond acceptors (Lipinski definition) is 5. The first kappa shape index (κ1) is 17.7. The molecular formula is C22H28O5. The minimum absolute atomic E-state index is 0.173. The van der Waals surface area contributed by atoms with Crippen LogP contribution in [0.2, 0.25) is 0 Å². The Morgan fingerprint density at radius 3 is 2.74 bits per heavy atom. The van der Waals surface area contributed by atoms with Crippen LogP contribution < -0.4 is 0 Å². The number of esters is 1. The van der Waals surface area contributed by atoms with Crippen molar-refractivity contribution in [3.05, 3.63) is 35.9 Å². The maximum absolute atomic E-state index is 12.4. The van der Waals surface area contributed by atoms with Gasteiger partial charge in [-0.05, 0) is 32.6 Å². The Hall–Kier alpha value is -1.43. The fourth-order valence-corrected chi connectivity index (χ4v) is 6.13. The lowest BCUT2D eigenvalue weighted by Gasteiger charge is -2.41. The predicted molar refractivity (Wildman–Crippen MR) is 97.7 cm³/mol. The van der Waals surface area contributed by atoms with E-state index in [9.17, 15) is 4.79 Å². The average Bonchev–Trinajstić information content (AvgIpc) is 3.27. The standard InChI is InChI=1S/C22H28O5/c1-2-24-18(23)15-20-12-8-11-17(20)21-13-6-7-14-22(21,27-20)26-19(25-21)16-9-4-3-5-10-16/h3-5,9-10,17,19H,2,6-8,11-15H2,1H3/t17-,19-,20-,21+,22-/m1/s1. The van der Waals surface area contributed by atoms with Crippen LogP contribution in [0.15, 0.2) is 30.3 Å². The molecular weight excluding hydrogens is 344 g/mol. The van der Waals surface area contributed by atoms with Gasteiger partial charge < -0.3 is 18.9 Å². The fourth-order valence-electron chi connectivity index (χ4n) is 6.13. The molecule has 2 heterocycles. The quantitative estimate of drug-likeness (QED) is 0.739. The van der Waals surface area contributed by atoms with Crippen LogP contribution >= 0.6 is 0 Å². The molecule has 5 rings (SSSR count). The van der Waals surface area contributed by atoms with E-state index in [0.29, 0.717) is 13.0 Å². The van der Waals surface area contributed by atoms with Gasteiger partial charge in [0.05, 0.1) is 18.6 Å². The molecule has 0 amide bonds. The molecule has 4 fully saturated rings. The van der Waals surface area contributed by atoms with Crippen molar-refractivity contribution in [1.29, 1.82) is 0 Å². The molecule has 2 saturated heterocycles. The molecule has 0 unspecified atom stereocenters. The maximum atomic E-state index is 12.4. The molecule has 27 heavy (non-hydrogen) atoms. The Kier molecular flexibility index (Phi) is 4.12.